The minimum Gasteiger partial charge on any atom is -0.487 e. The Morgan fingerprint density at radius 1 is 1.04 bits per heavy atom. The van der Waals surface area contributed by atoms with Gasteiger partial charge in [0, 0.05) is 6.42 Å². The Bertz CT molecular complexity index is 749. The highest BCUT2D eigenvalue weighted by molar-refractivity contribution is 9.10. The first-order valence-corrected chi connectivity index (χ1v) is 8.04. The van der Waals surface area contributed by atoms with Crippen molar-refractivity contribution in [1.29, 1.82) is 0 Å². The molecule has 0 heterocycles. The summed E-state index contributed by atoms with van der Waals surface area (Å²) in [5.74, 6) is -6.81. The number of rotatable bonds is 6. The van der Waals surface area contributed by atoms with Gasteiger partial charge in [-0.1, -0.05) is 12.1 Å². The molecule has 0 aromatic heterocycles. The van der Waals surface area contributed by atoms with Crippen molar-refractivity contribution in [3.63, 3.8) is 0 Å². The highest BCUT2D eigenvalue weighted by atomic mass is 79.9. The van der Waals surface area contributed by atoms with Gasteiger partial charge in [0.2, 0.25) is 0 Å². The second kappa shape index (κ2) is 7.29. The number of halogens is 6. The number of hydrogen-bond acceptors (Lipinski definition) is 2. The third-order valence-electron chi connectivity index (χ3n) is 3.87. The summed E-state index contributed by atoms with van der Waals surface area (Å²) >= 11 is 2.86. The van der Waals surface area contributed by atoms with E-state index in [1.165, 1.54) is 0 Å². The predicted molar refractivity (Wildman–Crippen MR) is 87.1 cm³/mol. The Labute approximate surface area is 149 Å². The van der Waals surface area contributed by atoms with Gasteiger partial charge in [-0.05, 0) is 52.7 Å². The molecular formula is C17H15BrF5NO. The number of hydrogen-bond donors (Lipinski definition) is 1. The van der Waals surface area contributed by atoms with Crippen molar-refractivity contribution in [3.8, 4) is 5.75 Å². The van der Waals surface area contributed by atoms with E-state index in [0.29, 0.717) is 0 Å². The molecule has 0 aliphatic rings. The molecule has 25 heavy (non-hydrogen) atoms. The van der Waals surface area contributed by atoms with Gasteiger partial charge in [-0.3, -0.25) is 0 Å². The average Bonchev–Trinajstić information content (AvgIpc) is 2.54. The van der Waals surface area contributed by atoms with Crippen LogP contribution in [0.5, 0.6) is 5.75 Å². The minimum atomic E-state index is -3.47. The fourth-order valence-corrected chi connectivity index (χ4v) is 2.50. The fourth-order valence-electron chi connectivity index (χ4n) is 2.19. The molecule has 0 radical (unpaired) electrons. The lowest BCUT2D eigenvalue weighted by Crippen LogP contribution is -2.51. The van der Waals surface area contributed by atoms with Gasteiger partial charge in [-0.2, -0.15) is 0 Å². The molecule has 2 aromatic rings. The van der Waals surface area contributed by atoms with Crippen LogP contribution in [0.25, 0.3) is 0 Å². The molecule has 0 spiro atoms. The van der Waals surface area contributed by atoms with Gasteiger partial charge < -0.3 is 10.5 Å². The van der Waals surface area contributed by atoms with Gasteiger partial charge in [0.15, 0.2) is 17.4 Å². The summed E-state index contributed by atoms with van der Waals surface area (Å²) in [7, 11) is 0. The van der Waals surface area contributed by atoms with E-state index >= 15 is 0 Å². The van der Waals surface area contributed by atoms with E-state index in [-0.39, 0.29) is 10.0 Å². The van der Waals surface area contributed by atoms with Crippen LogP contribution in [0.4, 0.5) is 22.0 Å². The molecular weight excluding hydrogens is 409 g/mol. The van der Waals surface area contributed by atoms with Crippen LogP contribution < -0.4 is 10.5 Å². The Hall–Kier alpha value is -1.67. The van der Waals surface area contributed by atoms with E-state index in [0.717, 1.165) is 43.3 Å². The quantitative estimate of drug-likeness (QED) is 0.515. The highest BCUT2D eigenvalue weighted by Gasteiger charge is 2.48. The van der Waals surface area contributed by atoms with E-state index in [9.17, 15) is 22.0 Å². The van der Waals surface area contributed by atoms with Crippen molar-refractivity contribution < 1.29 is 26.7 Å². The summed E-state index contributed by atoms with van der Waals surface area (Å²) < 4.78 is 74.0. The van der Waals surface area contributed by atoms with Crippen molar-refractivity contribution in [1.82, 2.24) is 0 Å². The van der Waals surface area contributed by atoms with Crippen molar-refractivity contribution >= 4 is 15.9 Å². The summed E-state index contributed by atoms with van der Waals surface area (Å²) in [6, 6.07) is 6.47. The Kier molecular flexibility index (Phi) is 5.73. The Morgan fingerprint density at radius 2 is 1.64 bits per heavy atom. The molecule has 8 heteroatoms. The summed E-state index contributed by atoms with van der Waals surface area (Å²) in [4.78, 5) is 0. The maximum atomic E-state index is 14.5. The van der Waals surface area contributed by atoms with Crippen LogP contribution in [0.15, 0.2) is 40.9 Å². The van der Waals surface area contributed by atoms with Gasteiger partial charge in [-0.25, -0.2) is 22.0 Å². The minimum absolute atomic E-state index is 0.0266. The van der Waals surface area contributed by atoms with E-state index in [2.05, 4.69) is 15.9 Å². The monoisotopic (exact) mass is 423 g/mol. The summed E-state index contributed by atoms with van der Waals surface area (Å²) in [5, 5.41) is 0. The van der Waals surface area contributed by atoms with Crippen molar-refractivity contribution in [3.05, 3.63) is 63.9 Å². The summed E-state index contributed by atoms with van der Waals surface area (Å²) in [6.45, 7) is 0.436. The molecule has 1 unspecified atom stereocenters. The Balaban J connectivity index is 2.11. The molecule has 0 aliphatic heterocycles. The largest absolute Gasteiger partial charge is 0.487 e. The van der Waals surface area contributed by atoms with E-state index in [4.69, 9.17) is 10.5 Å². The summed E-state index contributed by atoms with van der Waals surface area (Å²) in [6.07, 6.45) is -0.886. The molecule has 2 rings (SSSR count). The Morgan fingerprint density at radius 3 is 2.24 bits per heavy atom. The fraction of sp³-hybridized carbons (Fsp3) is 0.294. The molecule has 0 fully saturated rings. The molecule has 1 atom stereocenters. The number of benzene rings is 2. The zero-order valence-electron chi connectivity index (χ0n) is 13.1. The van der Waals surface area contributed by atoms with Gasteiger partial charge in [0.25, 0.3) is 5.92 Å². The van der Waals surface area contributed by atoms with Crippen molar-refractivity contribution in [2.45, 2.75) is 24.8 Å². The van der Waals surface area contributed by atoms with E-state index in [1.807, 2.05) is 0 Å². The third kappa shape index (κ3) is 4.12. The number of ether oxygens (including phenoxy) is 1. The second-order valence-electron chi connectivity index (χ2n) is 5.68. The highest BCUT2D eigenvalue weighted by Crippen LogP contribution is 2.38. The van der Waals surface area contributed by atoms with Crippen LogP contribution in [0.3, 0.4) is 0 Å². The first-order chi connectivity index (χ1) is 11.6. The molecule has 0 saturated carbocycles. The molecule has 2 nitrogen and oxygen atoms in total. The molecule has 2 aromatic carbocycles. The van der Waals surface area contributed by atoms with E-state index in [1.54, 1.807) is 0 Å². The van der Waals surface area contributed by atoms with Crippen LogP contribution in [0, 0.1) is 17.5 Å². The third-order valence-corrected chi connectivity index (χ3v) is 4.48. The number of nitrogens with two attached hydrogens (primary N) is 1. The van der Waals surface area contributed by atoms with Gasteiger partial charge in [0.1, 0.15) is 11.4 Å². The zero-order valence-corrected chi connectivity index (χ0v) is 14.7. The average molecular weight is 424 g/mol. The summed E-state index contributed by atoms with van der Waals surface area (Å²) in [5.41, 5.74) is 3.66. The first-order valence-electron chi connectivity index (χ1n) is 7.25. The molecule has 136 valence electrons. The van der Waals surface area contributed by atoms with Crippen molar-refractivity contribution in [2.75, 3.05) is 6.61 Å². The van der Waals surface area contributed by atoms with Crippen molar-refractivity contribution in [2.24, 2.45) is 5.73 Å². The smallest absolute Gasteiger partial charge is 0.272 e. The van der Waals surface area contributed by atoms with E-state index < -0.39 is 47.7 Å². The molecule has 2 N–H and O–H groups in total. The van der Waals surface area contributed by atoms with Crippen LogP contribution in [0.2, 0.25) is 0 Å². The zero-order chi connectivity index (χ0) is 18.8. The first kappa shape index (κ1) is 19.7. The van der Waals surface area contributed by atoms with Crippen LogP contribution in [0.1, 0.15) is 18.9 Å². The van der Waals surface area contributed by atoms with Crippen LogP contribution in [-0.2, 0) is 5.54 Å². The molecule has 0 aliphatic carbocycles. The number of alkyl halides is 2. The predicted octanol–water partition coefficient (Wildman–Crippen LogP) is 5.14. The molecule has 0 bridgehead atoms. The lowest BCUT2D eigenvalue weighted by atomic mass is 9.85. The lowest BCUT2D eigenvalue weighted by molar-refractivity contribution is -0.0847. The lowest BCUT2D eigenvalue weighted by Gasteiger charge is -2.34. The topological polar surface area (TPSA) is 35.2 Å². The maximum Gasteiger partial charge on any atom is 0.272 e. The van der Waals surface area contributed by atoms with Gasteiger partial charge in [0.05, 0.1) is 11.1 Å². The SMILES string of the molecule is CC(N)(c1ccc(F)cc1)C(F)(F)CCOc1c(F)ccc(Br)c1F. The van der Waals surface area contributed by atoms with Gasteiger partial charge in [-0.15, -0.1) is 0 Å². The van der Waals surface area contributed by atoms with Crippen LogP contribution >= 0.6 is 15.9 Å². The molecule has 0 saturated heterocycles. The molecule has 0 amide bonds. The maximum absolute atomic E-state index is 14.5. The van der Waals surface area contributed by atoms with Gasteiger partial charge >= 0.3 is 0 Å². The second-order valence-corrected chi connectivity index (χ2v) is 6.54. The standard InChI is InChI=1S/C17H15BrF5NO/c1-16(24,10-2-4-11(19)5-3-10)17(22,23)8-9-25-15-13(20)7-6-12(18)14(15)21/h2-7H,8-9,24H2,1H3. The normalized spacial score (nSPS) is 14.2. The van der Waals surface area contributed by atoms with Crippen LogP contribution in [-0.4, -0.2) is 12.5 Å².